The van der Waals surface area contributed by atoms with Crippen molar-refractivity contribution in [2.45, 2.75) is 18.2 Å². The number of hydrogen-bond donors (Lipinski definition) is 1. The number of rotatable bonds is 5. The van der Waals surface area contributed by atoms with Crippen molar-refractivity contribution in [2.24, 2.45) is 5.14 Å². The Labute approximate surface area is 123 Å². The molecule has 1 saturated heterocycles. The van der Waals surface area contributed by atoms with Crippen molar-refractivity contribution in [3.8, 4) is 11.5 Å². The molecule has 7 nitrogen and oxygen atoms in total. The lowest BCUT2D eigenvalue weighted by atomic mass is 10.2. The van der Waals surface area contributed by atoms with Crippen molar-refractivity contribution in [3.63, 3.8) is 0 Å². The highest BCUT2D eigenvalue weighted by molar-refractivity contribution is 7.89. The summed E-state index contributed by atoms with van der Waals surface area (Å²) >= 11 is 0. The van der Waals surface area contributed by atoms with Gasteiger partial charge in [-0.1, -0.05) is 0 Å². The topological polar surface area (TPSA) is 98.9 Å². The number of primary sulfonamides is 1. The quantitative estimate of drug-likeness (QED) is 0.830. The Morgan fingerprint density at radius 2 is 1.81 bits per heavy atom. The van der Waals surface area contributed by atoms with E-state index < -0.39 is 15.3 Å². The minimum atomic E-state index is -3.70. The summed E-state index contributed by atoms with van der Waals surface area (Å²) in [6.07, 6.45) is -0.0695. The van der Waals surface area contributed by atoms with E-state index >= 15 is 0 Å². The van der Waals surface area contributed by atoms with Crippen LogP contribution in [-0.2, 0) is 21.4 Å². The first-order valence-corrected chi connectivity index (χ1v) is 7.95. The smallest absolute Gasteiger partial charge is 0.224 e. The predicted molar refractivity (Wildman–Crippen MR) is 76.5 cm³/mol. The minimum absolute atomic E-state index is 0.0695. The van der Waals surface area contributed by atoms with Gasteiger partial charge in [0.15, 0.2) is 0 Å². The summed E-state index contributed by atoms with van der Waals surface area (Å²) < 4.78 is 33.0. The van der Waals surface area contributed by atoms with Gasteiger partial charge in [-0.15, -0.1) is 0 Å². The highest BCUT2D eigenvalue weighted by Gasteiger charge is 2.36. The van der Waals surface area contributed by atoms with Crippen LogP contribution in [0, 0.1) is 0 Å². The molecular formula is C13H18N2O5S. The lowest BCUT2D eigenvalue weighted by Crippen LogP contribution is -2.31. The van der Waals surface area contributed by atoms with E-state index in [2.05, 4.69) is 0 Å². The second kappa shape index (κ2) is 5.90. The SMILES string of the molecule is COc1cc(CN2CC(S(N)(=O)=O)CC2=O)cc(OC)c1. The van der Waals surface area contributed by atoms with E-state index in [9.17, 15) is 13.2 Å². The second-order valence-corrected chi connectivity index (χ2v) is 6.76. The van der Waals surface area contributed by atoms with Crippen LogP contribution in [0.2, 0.25) is 0 Å². The predicted octanol–water partition coefficient (Wildman–Crippen LogP) is 0.0932. The lowest BCUT2D eigenvalue weighted by Gasteiger charge is -2.17. The monoisotopic (exact) mass is 314 g/mol. The van der Waals surface area contributed by atoms with Gasteiger partial charge in [-0.3, -0.25) is 4.79 Å². The molecule has 0 radical (unpaired) electrons. The number of carbonyl (C=O) groups is 1. The molecule has 1 fully saturated rings. The Morgan fingerprint density at radius 1 is 1.24 bits per heavy atom. The van der Waals surface area contributed by atoms with Crippen LogP contribution in [0.4, 0.5) is 0 Å². The summed E-state index contributed by atoms with van der Waals surface area (Å²) in [5, 5.41) is 4.27. The van der Waals surface area contributed by atoms with Crippen molar-refractivity contribution in [2.75, 3.05) is 20.8 Å². The average molecular weight is 314 g/mol. The maximum atomic E-state index is 11.9. The van der Waals surface area contributed by atoms with E-state index in [0.717, 1.165) is 5.56 Å². The summed E-state index contributed by atoms with van der Waals surface area (Å²) in [7, 11) is -0.622. The Kier molecular flexibility index (Phi) is 4.38. The van der Waals surface area contributed by atoms with Crippen molar-refractivity contribution < 1.29 is 22.7 Å². The first-order chi connectivity index (χ1) is 9.83. The zero-order valence-corrected chi connectivity index (χ0v) is 12.7. The van der Waals surface area contributed by atoms with Crippen LogP contribution in [0.25, 0.3) is 0 Å². The van der Waals surface area contributed by atoms with Gasteiger partial charge in [-0.05, 0) is 17.7 Å². The van der Waals surface area contributed by atoms with Crippen molar-refractivity contribution in [1.29, 1.82) is 0 Å². The van der Waals surface area contributed by atoms with Gasteiger partial charge in [-0.25, -0.2) is 13.6 Å². The first-order valence-electron chi connectivity index (χ1n) is 6.35. The molecule has 1 heterocycles. The summed E-state index contributed by atoms with van der Waals surface area (Å²) in [4.78, 5) is 13.4. The Morgan fingerprint density at radius 3 is 2.24 bits per heavy atom. The lowest BCUT2D eigenvalue weighted by molar-refractivity contribution is -0.128. The third-order valence-corrected chi connectivity index (χ3v) is 4.67. The van der Waals surface area contributed by atoms with E-state index in [-0.39, 0.29) is 18.9 Å². The van der Waals surface area contributed by atoms with Crippen LogP contribution in [-0.4, -0.2) is 45.2 Å². The van der Waals surface area contributed by atoms with Crippen molar-refractivity contribution in [3.05, 3.63) is 23.8 Å². The number of methoxy groups -OCH3 is 2. The third kappa shape index (κ3) is 3.64. The summed E-state index contributed by atoms with van der Waals surface area (Å²) in [6, 6.07) is 5.28. The molecule has 0 bridgehead atoms. The molecule has 1 unspecified atom stereocenters. The largest absolute Gasteiger partial charge is 0.497 e. The van der Waals surface area contributed by atoms with Gasteiger partial charge in [0.05, 0.1) is 14.2 Å². The third-order valence-electron chi connectivity index (χ3n) is 3.43. The molecular weight excluding hydrogens is 296 g/mol. The van der Waals surface area contributed by atoms with Crippen molar-refractivity contribution in [1.82, 2.24) is 4.90 Å². The average Bonchev–Trinajstić information content (AvgIpc) is 2.79. The molecule has 1 atom stereocenters. The number of carbonyl (C=O) groups excluding carboxylic acids is 1. The minimum Gasteiger partial charge on any atom is -0.497 e. The van der Waals surface area contributed by atoms with E-state index in [4.69, 9.17) is 14.6 Å². The number of hydrogen-bond acceptors (Lipinski definition) is 5. The molecule has 2 N–H and O–H groups in total. The highest BCUT2D eigenvalue weighted by Crippen LogP contribution is 2.25. The summed E-state index contributed by atoms with van der Waals surface area (Å²) in [5.41, 5.74) is 0.801. The molecule has 0 aliphatic carbocycles. The number of amides is 1. The maximum absolute atomic E-state index is 11.9. The standard InChI is InChI=1S/C13H18N2O5S/c1-19-10-3-9(4-11(5-10)20-2)7-15-8-12(6-13(15)16)21(14,17)18/h3-5,12H,6-8H2,1-2H3,(H2,14,17,18). The maximum Gasteiger partial charge on any atom is 0.224 e. The molecule has 0 saturated carbocycles. The molecule has 1 aromatic rings. The molecule has 1 amide bonds. The zero-order valence-electron chi connectivity index (χ0n) is 11.9. The summed E-state index contributed by atoms with van der Waals surface area (Å²) in [6.45, 7) is 0.398. The number of benzene rings is 1. The van der Waals surface area contributed by atoms with E-state index in [1.807, 2.05) is 0 Å². The number of sulfonamides is 1. The van der Waals surface area contributed by atoms with Crippen LogP contribution < -0.4 is 14.6 Å². The molecule has 1 aliphatic rings. The zero-order chi connectivity index (χ0) is 15.6. The molecule has 0 aromatic heterocycles. The van der Waals surface area contributed by atoms with Gasteiger partial charge in [0.1, 0.15) is 16.7 Å². The number of nitrogens with zero attached hydrogens (tertiary/aromatic N) is 1. The fourth-order valence-electron chi connectivity index (χ4n) is 2.29. The fourth-order valence-corrected chi connectivity index (χ4v) is 3.05. The number of likely N-dealkylation sites (tertiary alicyclic amines) is 1. The Balaban J connectivity index is 2.17. The number of ether oxygens (including phenoxy) is 2. The van der Waals surface area contributed by atoms with Gasteiger partial charge < -0.3 is 14.4 Å². The van der Waals surface area contributed by atoms with E-state index in [0.29, 0.717) is 18.0 Å². The van der Waals surface area contributed by atoms with Gasteiger partial charge >= 0.3 is 0 Å². The van der Waals surface area contributed by atoms with Crippen LogP contribution in [0.15, 0.2) is 18.2 Å². The van der Waals surface area contributed by atoms with Gasteiger partial charge in [0.2, 0.25) is 15.9 Å². The fraction of sp³-hybridized carbons (Fsp3) is 0.462. The van der Waals surface area contributed by atoms with Gasteiger partial charge in [0.25, 0.3) is 0 Å². The molecule has 2 rings (SSSR count). The molecule has 0 spiro atoms. The van der Waals surface area contributed by atoms with E-state index in [1.165, 1.54) is 19.1 Å². The van der Waals surface area contributed by atoms with Crippen LogP contribution in [0.3, 0.4) is 0 Å². The molecule has 8 heteroatoms. The van der Waals surface area contributed by atoms with Gasteiger partial charge in [-0.2, -0.15) is 0 Å². The highest BCUT2D eigenvalue weighted by atomic mass is 32.2. The first kappa shape index (κ1) is 15.6. The van der Waals surface area contributed by atoms with E-state index in [1.54, 1.807) is 18.2 Å². The Bertz CT molecular complexity index is 622. The van der Waals surface area contributed by atoms with Gasteiger partial charge in [0, 0.05) is 25.6 Å². The molecule has 21 heavy (non-hydrogen) atoms. The Hall–Kier alpha value is -1.80. The second-order valence-electron chi connectivity index (χ2n) is 4.91. The summed E-state index contributed by atoms with van der Waals surface area (Å²) in [5.74, 6) is 0.994. The van der Waals surface area contributed by atoms with Crippen LogP contribution >= 0.6 is 0 Å². The number of nitrogens with two attached hydrogens (primary N) is 1. The van der Waals surface area contributed by atoms with Crippen LogP contribution in [0.1, 0.15) is 12.0 Å². The van der Waals surface area contributed by atoms with Crippen LogP contribution in [0.5, 0.6) is 11.5 Å². The van der Waals surface area contributed by atoms with Crippen molar-refractivity contribution >= 4 is 15.9 Å². The normalized spacial score (nSPS) is 18.9. The molecule has 1 aromatic carbocycles. The molecule has 1 aliphatic heterocycles. The molecule has 116 valence electrons.